The third-order valence-corrected chi connectivity index (χ3v) is 2.99. The highest BCUT2D eigenvalue weighted by Crippen LogP contribution is 2.33. The van der Waals surface area contributed by atoms with Crippen LogP contribution >= 0.6 is 0 Å². The zero-order chi connectivity index (χ0) is 13.3. The van der Waals surface area contributed by atoms with Crippen molar-refractivity contribution in [3.05, 3.63) is 0 Å². The molecule has 0 aromatic rings. The molecule has 0 fully saturated rings. The number of aliphatic carboxylic acids is 1. The Kier molecular flexibility index (Phi) is 7.59. The van der Waals surface area contributed by atoms with E-state index in [1.165, 1.54) is 0 Å². The monoisotopic (exact) mass is 244 g/mol. The second-order valence-corrected chi connectivity index (χ2v) is 4.31. The molecule has 0 bridgehead atoms. The van der Waals surface area contributed by atoms with E-state index in [4.69, 9.17) is 4.74 Å². The molecule has 0 aliphatic rings. The highest BCUT2D eigenvalue weighted by Gasteiger charge is 2.46. The van der Waals surface area contributed by atoms with Gasteiger partial charge in [0, 0.05) is 0 Å². The van der Waals surface area contributed by atoms with Gasteiger partial charge in [-0.2, -0.15) is 0 Å². The number of rotatable bonds is 9. The number of unbranched alkanes of at least 4 members (excludes halogenated alkanes) is 2. The summed E-state index contributed by atoms with van der Waals surface area (Å²) in [5, 5.41) is 9.37. The summed E-state index contributed by atoms with van der Waals surface area (Å²) in [5.41, 5.74) is -1.33. The molecule has 0 spiro atoms. The summed E-state index contributed by atoms with van der Waals surface area (Å²) >= 11 is 0. The fraction of sp³-hybridized carbons (Fsp3) is 0.846. The van der Waals surface area contributed by atoms with Crippen molar-refractivity contribution in [2.24, 2.45) is 5.41 Å². The maximum atomic E-state index is 11.9. The van der Waals surface area contributed by atoms with Gasteiger partial charge in [-0.15, -0.1) is 0 Å². The molecular weight excluding hydrogens is 220 g/mol. The molecular formula is C13H24O4. The Hall–Kier alpha value is -1.06. The Labute approximate surface area is 103 Å². The van der Waals surface area contributed by atoms with Gasteiger partial charge in [0.05, 0.1) is 6.61 Å². The summed E-state index contributed by atoms with van der Waals surface area (Å²) in [6.45, 7) is 5.89. The minimum Gasteiger partial charge on any atom is -0.480 e. The van der Waals surface area contributed by atoms with Crippen LogP contribution < -0.4 is 0 Å². The van der Waals surface area contributed by atoms with E-state index in [1.807, 2.05) is 13.8 Å². The molecule has 0 aromatic heterocycles. The molecule has 0 radical (unpaired) electrons. The fourth-order valence-electron chi connectivity index (χ4n) is 1.86. The largest absolute Gasteiger partial charge is 0.480 e. The number of carbonyl (C=O) groups is 2. The summed E-state index contributed by atoms with van der Waals surface area (Å²) in [5.74, 6) is -1.62. The van der Waals surface area contributed by atoms with Gasteiger partial charge in [0.25, 0.3) is 0 Å². The highest BCUT2D eigenvalue weighted by molar-refractivity contribution is 5.99. The third-order valence-electron chi connectivity index (χ3n) is 2.99. The summed E-state index contributed by atoms with van der Waals surface area (Å²) in [6, 6.07) is 0. The minimum absolute atomic E-state index is 0.228. The first-order chi connectivity index (χ1) is 8.05. The van der Waals surface area contributed by atoms with Crippen LogP contribution in [0.15, 0.2) is 0 Å². The molecule has 100 valence electrons. The summed E-state index contributed by atoms with van der Waals surface area (Å²) in [4.78, 5) is 23.4. The number of carboxylic acid groups (broad SMARTS) is 1. The first kappa shape index (κ1) is 15.9. The zero-order valence-electron chi connectivity index (χ0n) is 11.1. The van der Waals surface area contributed by atoms with Crippen LogP contribution in [0.4, 0.5) is 0 Å². The van der Waals surface area contributed by atoms with Gasteiger partial charge in [-0.3, -0.25) is 9.59 Å². The lowest BCUT2D eigenvalue weighted by atomic mass is 9.78. The van der Waals surface area contributed by atoms with Gasteiger partial charge in [0.15, 0.2) is 5.41 Å². The van der Waals surface area contributed by atoms with E-state index >= 15 is 0 Å². The van der Waals surface area contributed by atoms with E-state index in [0.29, 0.717) is 12.8 Å². The van der Waals surface area contributed by atoms with Gasteiger partial charge in [-0.25, -0.2) is 0 Å². The van der Waals surface area contributed by atoms with Crippen molar-refractivity contribution in [3.63, 3.8) is 0 Å². The van der Waals surface area contributed by atoms with Gasteiger partial charge in [0.1, 0.15) is 0 Å². The van der Waals surface area contributed by atoms with Gasteiger partial charge in [0.2, 0.25) is 0 Å². The van der Waals surface area contributed by atoms with Crippen LogP contribution in [0.3, 0.4) is 0 Å². The maximum absolute atomic E-state index is 11.9. The molecule has 0 aliphatic heterocycles. The predicted octanol–water partition coefficient (Wildman–Crippen LogP) is 3.00. The molecule has 0 rings (SSSR count). The van der Waals surface area contributed by atoms with Crippen LogP contribution in [-0.2, 0) is 14.3 Å². The molecule has 0 unspecified atom stereocenters. The van der Waals surface area contributed by atoms with Gasteiger partial charge in [-0.1, -0.05) is 39.5 Å². The summed E-state index contributed by atoms with van der Waals surface area (Å²) in [6.07, 6.45) is 3.96. The standard InChI is InChI=1S/C13H24O4/c1-4-7-9-13(11(14)15,10-8-5-2)12(16)17-6-3/h4-10H2,1-3H3,(H,14,15). The number of hydrogen-bond acceptors (Lipinski definition) is 3. The Morgan fingerprint density at radius 3 is 1.82 bits per heavy atom. The molecule has 4 heteroatoms. The number of carbonyl (C=O) groups excluding carboxylic acids is 1. The molecule has 0 saturated heterocycles. The average molecular weight is 244 g/mol. The average Bonchev–Trinajstić information content (AvgIpc) is 2.29. The Balaban J connectivity index is 4.93. The first-order valence-corrected chi connectivity index (χ1v) is 6.45. The van der Waals surface area contributed by atoms with Crippen LogP contribution in [0.25, 0.3) is 0 Å². The van der Waals surface area contributed by atoms with Crippen LogP contribution in [0.5, 0.6) is 0 Å². The lowest BCUT2D eigenvalue weighted by Gasteiger charge is -2.26. The molecule has 4 nitrogen and oxygen atoms in total. The molecule has 17 heavy (non-hydrogen) atoms. The Morgan fingerprint density at radius 1 is 1.06 bits per heavy atom. The van der Waals surface area contributed by atoms with Crippen molar-refractivity contribution in [1.82, 2.24) is 0 Å². The van der Waals surface area contributed by atoms with Crippen molar-refractivity contribution in [2.45, 2.75) is 59.3 Å². The number of hydrogen-bond donors (Lipinski definition) is 1. The second kappa shape index (κ2) is 8.09. The molecule has 0 aromatic carbocycles. The van der Waals surface area contributed by atoms with E-state index < -0.39 is 17.4 Å². The number of carboxylic acids is 1. The van der Waals surface area contributed by atoms with Crippen LogP contribution in [0, 0.1) is 5.41 Å². The van der Waals surface area contributed by atoms with Crippen LogP contribution in [-0.4, -0.2) is 23.7 Å². The smallest absolute Gasteiger partial charge is 0.323 e. The molecule has 0 aliphatic carbocycles. The lowest BCUT2D eigenvalue weighted by Crippen LogP contribution is -2.40. The molecule has 0 heterocycles. The van der Waals surface area contributed by atoms with Gasteiger partial charge < -0.3 is 9.84 Å². The lowest BCUT2D eigenvalue weighted by molar-refractivity contribution is -0.170. The van der Waals surface area contributed by atoms with E-state index in [9.17, 15) is 14.7 Å². The second-order valence-electron chi connectivity index (χ2n) is 4.31. The Bertz CT molecular complexity index is 240. The number of ether oxygens (including phenoxy) is 1. The summed E-state index contributed by atoms with van der Waals surface area (Å²) in [7, 11) is 0. The van der Waals surface area contributed by atoms with Crippen molar-refractivity contribution in [3.8, 4) is 0 Å². The van der Waals surface area contributed by atoms with Gasteiger partial charge >= 0.3 is 11.9 Å². The van der Waals surface area contributed by atoms with Crippen molar-refractivity contribution in [1.29, 1.82) is 0 Å². The molecule has 0 amide bonds. The predicted molar refractivity (Wildman–Crippen MR) is 65.8 cm³/mol. The Morgan fingerprint density at radius 2 is 1.53 bits per heavy atom. The summed E-state index contributed by atoms with van der Waals surface area (Å²) < 4.78 is 4.94. The third kappa shape index (κ3) is 4.36. The zero-order valence-corrected chi connectivity index (χ0v) is 11.1. The van der Waals surface area contributed by atoms with Crippen molar-refractivity contribution < 1.29 is 19.4 Å². The normalized spacial score (nSPS) is 11.2. The molecule has 1 N–H and O–H groups in total. The topological polar surface area (TPSA) is 63.6 Å². The SMILES string of the molecule is CCCCC(CCCC)(C(=O)O)C(=O)OCC. The van der Waals surface area contributed by atoms with E-state index in [0.717, 1.165) is 25.7 Å². The van der Waals surface area contributed by atoms with Gasteiger partial charge in [-0.05, 0) is 19.8 Å². The van der Waals surface area contributed by atoms with E-state index in [-0.39, 0.29) is 6.61 Å². The first-order valence-electron chi connectivity index (χ1n) is 6.45. The van der Waals surface area contributed by atoms with Crippen molar-refractivity contribution in [2.75, 3.05) is 6.61 Å². The molecule has 0 atom stereocenters. The quantitative estimate of drug-likeness (QED) is 0.500. The van der Waals surface area contributed by atoms with E-state index in [1.54, 1.807) is 6.92 Å². The fourth-order valence-corrected chi connectivity index (χ4v) is 1.86. The maximum Gasteiger partial charge on any atom is 0.323 e. The van der Waals surface area contributed by atoms with Crippen LogP contribution in [0.2, 0.25) is 0 Å². The van der Waals surface area contributed by atoms with Crippen molar-refractivity contribution >= 4 is 11.9 Å². The minimum atomic E-state index is -1.33. The number of esters is 1. The molecule has 0 saturated carbocycles. The van der Waals surface area contributed by atoms with Crippen LogP contribution in [0.1, 0.15) is 59.3 Å². The highest BCUT2D eigenvalue weighted by atomic mass is 16.5. The van der Waals surface area contributed by atoms with E-state index in [2.05, 4.69) is 0 Å².